The molecule has 2 aromatic carbocycles. The lowest BCUT2D eigenvalue weighted by atomic mass is 10.1. The minimum absolute atomic E-state index is 0.0297. The van der Waals surface area contributed by atoms with E-state index >= 15 is 0 Å². The molecule has 0 unspecified atom stereocenters. The largest absolute Gasteiger partial charge is 0.289 e. The maximum absolute atomic E-state index is 12.0. The van der Waals surface area contributed by atoms with Crippen LogP contribution in [-0.2, 0) is 0 Å². The van der Waals surface area contributed by atoms with E-state index in [-0.39, 0.29) is 5.78 Å². The molecule has 1 aromatic heterocycles. The van der Waals surface area contributed by atoms with Crippen molar-refractivity contribution in [1.82, 2.24) is 4.98 Å². The summed E-state index contributed by atoms with van der Waals surface area (Å²) in [7, 11) is 0. The molecule has 0 saturated heterocycles. The zero-order valence-electron chi connectivity index (χ0n) is 11.1. The van der Waals surface area contributed by atoms with Gasteiger partial charge in [-0.05, 0) is 41.8 Å². The van der Waals surface area contributed by atoms with Gasteiger partial charge in [0, 0.05) is 15.1 Å². The smallest absolute Gasteiger partial charge is 0.186 e. The summed E-state index contributed by atoms with van der Waals surface area (Å²) in [6.07, 6.45) is 1.56. The van der Waals surface area contributed by atoms with E-state index in [4.69, 9.17) is 11.6 Å². The number of hydrogen-bond donors (Lipinski definition) is 0. The third-order valence-electron chi connectivity index (χ3n) is 2.83. The number of carbonyl (C=O) groups is 1. The van der Waals surface area contributed by atoms with Crippen LogP contribution in [0.2, 0.25) is 5.02 Å². The molecular weight excluding hydrogens is 402 g/mol. The van der Waals surface area contributed by atoms with Gasteiger partial charge in [-0.3, -0.25) is 4.79 Å². The average molecular weight is 411 g/mol. The average Bonchev–Trinajstić information content (AvgIpc) is 2.89. The molecule has 0 aliphatic rings. The number of ketones is 1. The Kier molecular flexibility index (Phi) is 4.98. The second-order valence-corrected chi connectivity index (χ2v) is 7.92. The van der Waals surface area contributed by atoms with Gasteiger partial charge >= 0.3 is 0 Å². The highest BCUT2D eigenvalue weighted by atomic mass is 79.9. The lowest BCUT2D eigenvalue weighted by molar-refractivity contribution is 0.104. The van der Waals surface area contributed by atoms with Crippen molar-refractivity contribution in [2.24, 2.45) is 0 Å². The molecule has 0 spiro atoms. The first-order valence-corrected chi connectivity index (χ1v) is 9.18. The normalized spacial score (nSPS) is 11.4. The molecule has 3 rings (SSSR count). The Labute approximate surface area is 149 Å². The maximum Gasteiger partial charge on any atom is 0.186 e. The molecule has 0 fully saturated rings. The summed E-state index contributed by atoms with van der Waals surface area (Å²) in [5.74, 6) is -0.0297. The number of benzene rings is 2. The number of nitrogens with zero attached hydrogens (tertiary/aromatic N) is 1. The zero-order valence-corrected chi connectivity index (χ0v) is 15.1. The molecule has 0 radical (unpaired) electrons. The Morgan fingerprint density at radius 2 is 2.14 bits per heavy atom. The van der Waals surface area contributed by atoms with Gasteiger partial charge < -0.3 is 0 Å². The van der Waals surface area contributed by atoms with Crippen molar-refractivity contribution in [2.75, 3.05) is 0 Å². The molecule has 0 bridgehead atoms. The van der Waals surface area contributed by atoms with Crippen molar-refractivity contribution in [1.29, 1.82) is 0 Å². The van der Waals surface area contributed by atoms with Crippen molar-refractivity contribution in [3.8, 4) is 0 Å². The summed E-state index contributed by atoms with van der Waals surface area (Å²) in [5.41, 5.74) is 1.54. The zero-order chi connectivity index (χ0) is 15.5. The second-order valence-electron chi connectivity index (χ2n) is 4.39. The maximum atomic E-state index is 12.0. The lowest BCUT2D eigenvalue weighted by Gasteiger charge is -1.95. The standard InChI is InChI=1S/C16H9BrClNOS2/c17-11-3-1-2-10(8-11)14(20)6-7-21-16-19-13-9-12(18)4-5-15(13)22-16/h1-9H. The van der Waals surface area contributed by atoms with Crippen molar-refractivity contribution in [3.63, 3.8) is 0 Å². The molecule has 3 aromatic rings. The van der Waals surface area contributed by atoms with Crippen molar-refractivity contribution < 1.29 is 4.79 Å². The Bertz CT molecular complexity index is 875. The summed E-state index contributed by atoms with van der Waals surface area (Å²) in [4.78, 5) is 16.5. The third kappa shape index (κ3) is 3.79. The van der Waals surface area contributed by atoms with E-state index in [2.05, 4.69) is 20.9 Å². The first-order valence-electron chi connectivity index (χ1n) is 6.31. The van der Waals surface area contributed by atoms with Crippen LogP contribution in [0.4, 0.5) is 0 Å². The fourth-order valence-electron chi connectivity index (χ4n) is 1.82. The number of aromatic nitrogens is 1. The summed E-state index contributed by atoms with van der Waals surface area (Å²) in [5, 5.41) is 2.44. The summed E-state index contributed by atoms with van der Waals surface area (Å²) >= 11 is 12.3. The van der Waals surface area contributed by atoms with Gasteiger partial charge in [-0.15, -0.1) is 11.3 Å². The molecule has 0 N–H and O–H groups in total. The minimum atomic E-state index is -0.0297. The van der Waals surface area contributed by atoms with Gasteiger partial charge in [-0.2, -0.15) is 0 Å². The quantitative estimate of drug-likeness (QED) is 0.291. The van der Waals surface area contributed by atoms with Crippen LogP contribution in [-0.4, -0.2) is 10.8 Å². The number of hydrogen-bond acceptors (Lipinski definition) is 4. The lowest BCUT2D eigenvalue weighted by Crippen LogP contribution is -1.92. The van der Waals surface area contributed by atoms with E-state index < -0.39 is 0 Å². The van der Waals surface area contributed by atoms with Gasteiger partial charge in [0.05, 0.1) is 10.2 Å². The van der Waals surface area contributed by atoms with Crippen LogP contribution in [0, 0.1) is 0 Å². The molecule has 0 aliphatic heterocycles. The molecule has 1 heterocycles. The van der Waals surface area contributed by atoms with Gasteiger partial charge in [-0.25, -0.2) is 4.98 Å². The molecule has 0 amide bonds. The van der Waals surface area contributed by atoms with Gasteiger partial charge in [-0.1, -0.05) is 51.4 Å². The molecule has 22 heavy (non-hydrogen) atoms. The number of thioether (sulfide) groups is 1. The fourth-order valence-corrected chi connectivity index (χ4v) is 4.15. The first kappa shape index (κ1) is 15.7. The van der Waals surface area contributed by atoms with E-state index in [0.717, 1.165) is 19.0 Å². The van der Waals surface area contributed by atoms with Crippen LogP contribution < -0.4 is 0 Å². The van der Waals surface area contributed by atoms with E-state index in [9.17, 15) is 4.79 Å². The molecule has 0 aliphatic carbocycles. The number of halogens is 2. The minimum Gasteiger partial charge on any atom is -0.289 e. The molecular formula is C16H9BrClNOS2. The first-order chi connectivity index (χ1) is 10.6. The molecule has 6 heteroatoms. The van der Waals surface area contributed by atoms with Gasteiger partial charge in [0.15, 0.2) is 10.1 Å². The molecule has 2 nitrogen and oxygen atoms in total. The molecule has 110 valence electrons. The summed E-state index contributed by atoms with van der Waals surface area (Å²) in [6, 6.07) is 13.0. The van der Waals surface area contributed by atoms with Gasteiger partial charge in [0.2, 0.25) is 0 Å². The van der Waals surface area contributed by atoms with Crippen molar-refractivity contribution in [2.45, 2.75) is 4.34 Å². The number of allylic oxidation sites excluding steroid dienone is 1. The van der Waals surface area contributed by atoms with Crippen LogP contribution >= 0.6 is 50.6 Å². The Morgan fingerprint density at radius 3 is 2.95 bits per heavy atom. The summed E-state index contributed by atoms with van der Waals surface area (Å²) < 4.78 is 2.86. The van der Waals surface area contributed by atoms with Crippen molar-refractivity contribution in [3.05, 3.63) is 69.0 Å². The van der Waals surface area contributed by atoms with Gasteiger partial charge in [0.1, 0.15) is 0 Å². The highest BCUT2D eigenvalue weighted by Gasteiger charge is 2.05. The van der Waals surface area contributed by atoms with Crippen molar-refractivity contribution >= 4 is 66.6 Å². The van der Waals surface area contributed by atoms with Crippen LogP contribution in [0.15, 0.2) is 62.8 Å². The Morgan fingerprint density at radius 1 is 1.27 bits per heavy atom. The van der Waals surface area contributed by atoms with E-state index in [0.29, 0.717) is 10.6 Å². The predicted octanol–water partition coefficient (Wildman–Crippen LogP) is 6.20. The van der Waals surface area contributed by atoms with E-state index in [1.165, 1.54) is 11.8 Å². The Hall–Kier alpha value is -1.14. The van der Waals surface area contributed by atoms with Gasteiger partial charge in [0.25, 0.3) is 0 Å². The fraction of sp³-hybridized carbons (Fsp3) is 0. The van der Waals surface area contributed by atoms with E-state index in [1.54, 1.807) is 35.0 Å². The monoisotopic (exact) mass is 409 g/mol. The third-order valence-corrected chi connectivity index (χ3v) is 5.49. The number of fused-ring (bicyclic) bond motifs is 1. The highest BCUT2D eigenvalue weighted by Crippen LogP contribution is 2.31. The molecule has 0 saturated carbocycles. The van der Waals surface area contributed by atoms with E-state index in [1.807, 2.05) is 30.3 Å². The predicted molar refractivity (Wildman–Crippen MR) is 98.1 cm³/mol. The Balaban J connectivity index is 1.71. The second kappa shape index (κ2) is 6.96. The number of carbonyl (C=O) groups excluding carboxylic acids is 1. The topological polar surface area (TPSA) is 30.0 Å². The SMILES string of the molecule is O=C(C=CSc1nc2cc(Cl)ccc2s1)c1cccc(Br)c1. The van der Waals surface area contributed by atoms with Crippen LogP contribution in [0.5, 0.6) is 0 Å². The highest BCUT2D eigenvalue weighted by molar-refractivity contribution is 9.10. The number of thiazole rings is 1. The van der Waals surface area contributed by atoms with Crippen LogP contribution in [0.25, 0.3) is 10.2 Å². The van der Waals surface area contributed by atoms with Crippen LogP contribution in [0.1, 0.15) is 10.4 Å². The summed E-state index contributed by atoms with van der Waals surface area (Å²) in [6.45, 7) is 0. The van der Waals surface area contributed by atoms with Crippen LogP contribution in [0.3, 0.4) is 0 Å². The number of rotatable bonds is 4. The molecule has 0 atom stereocenters.